The van der Waals surface area contributed by atoms with E-state index in [-0.39, 0.29) is 0 Å². The summed E-state index contributed by atoms with van der Waals surface area (Å²) in [5.41, 5.74) is 0.861. The molecule has 0 aliphatic heterocycles. The highest BCUT2D eigenvalue weighted by Crippen LogP contribution is 2.12. The number of aromatic nitrogens is 1. The van der Waals surface area contributed by atoms with E-state index in [0.29, 0.717) is 11.7 Å². The summed E-state index contributed by atoms with van der Waals surface area (Å²) in [5.74, 6) is 0.802. The topological polar surface area (TPSA) is 58.6 Å². The highest BCUT2D eigenvalue weighted by Gasteiger charge is 2.04. The monoisotopic (exact) mass is 154 g/mol. The van der Waals surface area contributed by atoms with Crippen LogP contribution in [-0.4, -0.2) is 16.6 Å². The van der Waals surface area contributed by atoms with E-state index in [1.807, 2.05) is 13.8 Å². The van der Waals surface area contributed by atoms with Gasteiger partial charge < -0.3 is 9.73 Å². The standard InChI is InChI=1S/C7H10N2O2/c1-5(2)7-3-6(4-8-10)11-9-7/h3-5,10H,1-2H3/b8-4+. The number of rotatable bonds is 2. The van der Waals surface area contributed by atoms with Gasteiger partial charge >= 0.3 is 0 Å². The van der Waals surface area contributed by atoms with E-state index in [1.165, 1.54) is 6.21 Å². The van der Waals surface area contributed by atoms with Crippen molar-refractivity contribution in [2.45, 2.75) is 19.8 Å². The molecule has 11 heavy (non-hydrogen) atoms. The van der Waals surface area contributed by atoms with Crippen molar-refractivity contribution >= 4 is 6.21 Å². The minimum Gasteiger partial charge on any atom is -0.411 e. The highest BCUT2D eigenvalue weighted by atomic mass is 16.5. The van der Waals surface area contributed by atoms with Crippen LogP contribution in [0.5, 0.6) is 0 Å². The number of oxime groups is 1. The third kappa shape index (κ3) is 1.80. The summed E-state index contributed by atoms with van der Waals surface area (Å²) in [4.78, 5) is 0. The van der Waals surface area contributed by atoms with Crippen molar-refractivity contribution in [1.29, 1.82) is 0 Å². The molecule has 0 unspecified atom stereocenters. The van der Waals surface area contributed by atoms with Gasteiger partial charge in [0.15, 0.2) is 5.76 Å². The average Bonchev–Trinajstić information content (AvgIpc) is 2.37. The Hall–Kier alpha value is -1.32. The van der Waals surface area contributed by atoms with Crippen molar-refractivity contribution in [1.82, 2.24) is 5.16 Å². The number of nitrogens with zero attached hydrogens (tertiary/aromatic N) is 2. The fourth-order valence-corrected chi connectivity index (χ4v) is 0.694. The van der Waals surface area contributed by atoms with Crippen LogP contribution in [0.2, 0.25) is 0 Å². The first-order chi connectivity index (χ1) is 5.24. The lowest BCUT2D eigenvalue weighted by Crippen LogP contribution is -1.84. The SMILES string of the molecule is CC(C)c1cc(/C=N/O)on1. The Morgan fingerprint density at radius 3 is 2.91 bits per heavy atom. The van der Waals surface area contributed by atoms with Crippen LogP contribution in [0, 0.1) is 0 Å². The molecule has 0 saturated heterocycles. The van der Waals surface area contributed by atoms with Crippen molar-refractivity contribution in [2.24, 2.45) is 5.16 Å². The van der Waals surface area contributed by atoms with Crippen molar-refractivity contribution in [2.75, 3.05) is 0 Å². The largest absolute Gasteiger partial charge is 0.411 e. The van der Waals surface area contributed by atoms with Gasteiger partial charge in [-0.1, -0.05) is 24.2 Å². The van der Waals surface area contributed by atoms with Gasteiger partial charge in [-0.05, 0) is 5.92 Å². The van der Waals surface area contributed by atoms with E-state index in [4.69, 9.17) is 9.73 Å². The van der Waals surface area contributed by atoms with Gasteiger partial charge in [-0.2, -0.15) is 0 Å². The molecule has 1 aromatic rings. The molecule has 1 aromatic heterocycles. The fraction of sp³-hybridized carbons (Fsp3) is 0.429. The molecule has 1 rings (SSSR count). The lowest BCUT2D eigenvalue weighted by atomic mass is 10.1. The second-order valence-electron chi connectivity index (χ2n) is 2.55. The zero-order chi connectivity index (χ0) is 8.27. The zero-order valence-electron chi connectivity index (χ0n) is 6.48. The molecule has 0 amide bonds. The molecule has 1 N–H and O–H groups in total. The molecule has 0 aromatic carbocycles. The van der Waals surface area contributed by atoms with Crippen LogP contribution >= 0.6 is 0 Å². The molecule has 0 fully saturated rings. The molecule has 0 bridgehead atoms. The first kappa shape index (κ1) is 7.78. The summed E-state index contributed by atoms with van der Waals surface area (Å²) in [5, 5.41) is 14.7. The Bertz CT molecular complexity index is 253. The molecule has 0 aliphatic rings. The van der Waals surface area contributed by atoms with Crippen LogP contribution in [-0.2, 0) is 0 Å². The van der Waals surface area contributed by atoms with Crippen molar-refractivity contribution in [3.63, 3.8) is 0 Å². The minimum absolute atomic E-state index is 0.333. The maximum atomic E-state index is 8.15. The van der Waals surface area contributed by atoms with Crippen LogP contribution in [0.3, 0.4) is 0 Å². The van der Waals surface area contributed by atoms with Crippen LogP contribution in [0.1, 0.15) is 31.2 Å². The molecule has 0 saturated carbocycles. The van der Waals surface area contributed by atoms with E-state index >= 15 is 0 Å². The summed E-state index contributed by atoms with van der Waals surface area (Å²) in [6.07, 6.45) is 1.21. The summed E-state index contributed by atoms with van der Waals surface area (Å²) in [7, 11) is 0. The van der Waals surface area contributed by atoms with Gasteiger partial charge in [0.05, 0.1) is 5.69 Å². The summed E-state index contributed by atoms with van der Waals surface area (Å²) in [6, 6.07) is 1.74. The fourth-order valence-electron chi connectivity index (χ4n) is 0.694. The van der Waals surface area contributed by atoms with Gasteiger partial charge in [-0.15, -0.1) is 0 Å². The van der Waals surface area contributed by atoms with Gasteiger partial charge in [0.25, 0.3) is 0 Å². The van der Waals surface area contributed by atoms with E-state index in [2.05, 4.69) is 10.3 Å². The maximum Gasteiger partial charge on any atom is 0.181 e. The molecule has 60 valence electrons. The zero-order valence-corrected chi connectivity index (χ0v) is 6.48. The van der Waals surface area contributed by atoms with Gasteiger partial charge in [0.1, 0.15) is 6.21 Å². The molecule has 4 nitrogen and oxygen atoms in total. The van der Waals surface area contributed by atoms with Gasteiger partial charge in [-0.25, -0.2) is 0 Å². The van der Waals surface area contributed by atoms with E-state index in [1.54, 1.807) is 6.07 Å². The Labute approximate surface area is 64.5 Å². The predicted octanol–water partition coefficient (Wildman–Crippen LogP) is 1.61. The highest BCUT2D eigenvalue weighted by molar-refractivity contribution is 5.75. The van der Waals surface area contributed by atoms with Crippen LogP contribution in [0.25, 0.3) is 0 Å². The Kier molecular flexibility index (Phi) is 2.25. The molecule has 0 radical (unpaired) electrons. The lowest BCUT2D eigenvalue weighted by Gasteiger charge is -1.92. The molecular formula is C7H10N2O2. The Balaban J connectivity index is 2.81. The normalized spacial score (nSPS) is 11.5. The number of hydrogen-bond acceptors (Lipinski definition) is 4. The van der Waals surface area contributed by atoms with Crippen LogP contribution in [0.15, 0.2) is 15.7 Å². The van der Waals surface area contributed by atoms with Crippen molar-refractivity contribution in [3.05, 3.63) is 17.5 Å². The lowest BCUT2D eigenvalue weighted by molar-refractivity contribution is 0.319. The van der Waals surface area contributed by atoms with Crippen molar-refractivity contribution < 1.29 is 9.73 Å². The van der Waals surface area contributed by atoms with Gasteiger partial charge in [-0.3, -0.25) is 0 Å². The Morgan fingerprint density at radius 1 is 1.73 bits per heavy atom. The average molecular weight is 154 g/mol. The van der Waals surface area contributed by atoms with Gasteiger partial charge in [0, 0.05) is 6.07 Å². The second-order valence-corrected chi connectivity index (χ2v) is 2.55. The van der Waals surface area contributed by atoms with E-state index in [0.717, 1.165) is 5.69 Å². The molecular weight excluding hydrogens is 144 g/mol. The molecule has 0 atom stereocenters. The molecule has 4 heteroatoms. The van der Waals surface area contributed by atoms with E-state index in [9.17, 15) is 0 Å². The van der Waals surface area contributed by atoms with Crippen molar-refractivity contribution in [3.8, 4) is 0 Å². The van der Waals surface area contributed by atoms with Crippen LogP contribution in [0.4, 0.5) is 0 Å². The summed E-state index contributed by atoms with van der Waals surface area (Å²) >= 11 is 0. The molecule has 0 aliphatic carbocycles. The first-order valence-corrected chi connectivity index (χ1v) is 3.38. The summed E-state index contributed by atoms with van der Waals surface area (Å²) in [6.45, 7) is 4.02. The van der Waals surface area contributed by atoms with E-state index < -0.39 is 0 Å². The predicted molar refractivity (Wildman–Crippen MR) is 40.0 cm³/mol. The Morgan fingerprint density at radius 2 is 2.45 bits per heavy atom. The smallest absolute Gasteiger partial charge is 0.181 e. The maximum absolute atomic E-state index is 8.15. The third-order valence-electron chi connectivity index (χ3n) is 1.32. The number of hydrogen-bond donors (Lipinski definition) is 1. The minimum atomic E-state index is 0.333. The summed E-state index contributed by atoms with van der Waals surface area (Å²) < 4.78 is 4.81. The van der Waals surface area contributed by atoms with Gasteiger partial charge in [0.2, 0.25) is 0 Å². The molecule has 0 spiro atoms. The third-order valence-corrected chi connectivity index (χ3v) is 1.32. The van der Waals surface area contributed by atoms with Crippen LogP contribution < -0.4 is 0 Å². The quantitative estimate of drug-likeness (QED) is 0.400. The second kappa shape index (κ2) is 3.18. The molecule has 1 heterocycles. The first-order valence-electron chi connectivity index (χ1n) is 3.38.